The number of oxazole rings is 1. The van der Waals surface area contributed by atoms with Crippen LogP contribution in [0.4, 0.5) is 5.69 Å². The average molecular weight is 390 g/mol. The van der Waals surface area contributed by atoms with E-state index in [-0.39, 0.29) is 11.6 Å². The van der Waals surface area contributed by atoms with Gasteiger partial charge in [-0.2, -0.15) is 0 Å². The molecule has 140 valence electrons. The highest BCUT2D eigenvalue weighted by Crippen LogP contribution is 2.27. The molecule has 1 amide bonds. The third-order valence-corrected chi connectivity index (χ3v) is 5.21. The third kappa shape index (κ3) is 3.84. The number of anilines is 1. The molecule has 7 heteroatoms. The summed E-state index contributed by atoms with van der Waals surface area (Å²) in [7, 11) is 1.95. The number of aryl methyl sites for hydroxylation is 2. The predicted octanol–water partition coefficient (Wildman–Crippen LogP) is 4.79. The number of imidazole rings is 1. The largest absolute Gasteiger partial charge is 0.441 e. The third-order valence-electron chi connectivity index (χ3n) is 4.13. The van der Waals surface area contributed by atoms with Crippen LogP contribution < -0.4 is 5.32 Å². The summed E-state index contributed by atoms with van der Waals surface area (Å²) in [4.78, 5) is 22.3. The second kappa shape index (κ2) is 7.74. The van der Waals surface area contributed by atoms with E-state index in [0.717, 1.165) is 15.6 Å². The molecule has 0 aliphatic carbocycles. The van der Waals surface area contributed by atoms with E-state index in [1.54, 1.807) is 24.9 Å². The Kier molecular flexibility index (Phi) is 4.99. The summed E-state index contributed by atoms with van der Waals surface area (Å²) < 4.78 is 7.62. The quantitative estimate of drug-likeness (QED) is 0.530. The SMILES string of the molecule is Cc1oc(-c2ccccc2)nc1C(=O)Nc1ccc(Sc2nccn2C)cc1. The highest BCUT2D eigenvalue weighted by Gasteiger charge is 2.18. The molecule has 28 heavy (non-hydrogen) atoms. The van der Waals surface area contributed by atoms with Crippen molar-refractivity contribution < 1.29 is 9.21 Å². The maximum atomic E-state index is 12.6. The monoisotopic (exact) mass is 390 g/mol. The van der Waals surface area contributed by atoms with Gasteiger partial charge in [0.15, 0.2) is 10.9 Å². The first-order valence-corrected chi connectivity index (χ1v) is 9.51. The molecule has 2 heterocycles. The second-order valence-corrected chi connectivity index (χ2v) is 7.23. The molecule has 4 aromatic rings. The Hall–Kier alpha value is -3.32. The van der Waals surface area contributed by atoms with E-state index < -0.39 is 0 Å². The topological polar surface area (TPSA) is 73.0 Å². The summed E-state index contributed by atoms with van der Waals surface area (Å²) in [5, 5.41) is 3.78. The molecule has 0 aliphatic heterocycles. The standard InChI is InChI=1S/C21H18N4O2S/c1-14-18(24-20(27-14)15-6-4-3-5-7-15)19(26)23-16-8-10-17(11-9-16)28-21-22-12-13-25(21)2/h3-13H,1-2H3,(H,23,26). The molecule has 0 bridgehead atoms. The van der Waals surface area contributed by atoms with Crippen molar-refractivity contribution >= 4 is 23.4 Å². The molecule has 6 nitrogen and oxygen atoms in total. The fourth-order valence-electron chi connectivity index (χ4n) is 2.66. The molecule has 0 fully saturated rings. The highest BCUT2D eigenvalue weighted by atomic mass is 32.2. The number of nitrogens with zero attached hydrogens (tertiary/aromatic N) is 3. The molecule has 0 radical (unpaired) electrons. The molecule has 4 rings (SSSR count). The van der Waals surface area contributed by atoms with Crippen molar-refractivity contribution in [1.82, 2.24) is 14.5 Å². The van der Waals surface area contributed by atoms with Gasteiger partial charge in [0.05, 0.1) is 0 Å². The average Bonchev–Trinajstić information content (AvgIpc) is 3.30. The maximum absolute atomic E-state index is 12.6. The lowest BCUT2D eigenvalue weighted by molar-refractivity contribution is 0.102. The number of carbonyl (C=O) groups is 1. The van der Waals surface area contributed by atoms with Crippen molar-refractivity contribution in [2.24, 2.45) is 7.05 Å². The lowest BCUT2D eigenvalue weighted by Gasteiger charge is -2.05. The fourth-order valence-corrected chi connectivity index (χ4v) is 3.46. The first-order chi connectivity index (χ1) is 13.6. The Morgan fingerprint density at radius 3 is 2.54 bits per heavy atom. The first-order valence-electron chi connectivity index (χ1n) is 8.69. The first kappa shape index (κ1) is 18.1. The molecular weight excluding hydrogens is 372 g/mol. The molecule has 0 unspecified atom stereocenters. The Bertz CT molecular complexity index is 1100. The van der Waals surface area contributed by atoms with Gasteiger partial charge < -0.3 is 14.3 Å². The predicted molar refractivity (Wildman–Crippen MR) is 108 cm³/mol. The minimum atomic E-state index is -0.298. The van der Waals surface area contributed by atoms with Gasteiger partial charge in [0.25, 0.3) is 5.91 Å². The zero-order chi connectivity index (χ0) is 19.5. The lowest BCUT2D eigenvalue weighted by atomic mass is 10.2. The Labute approximate surface area is 166 Å². The normalized spacial score (nSPS) is 10.8. The number of hydrogen-bond donors (Lipinski definition) is 1. The van der Waals surface area contributed by atoms with Gasteiger partial charge in [0.1, 0.15) is 5.76 Å². The van der Waals surface area contributed by atoms with Crippen LogP contribution in [0.15, 0.2) is 81.5 Å². The van der Waals surface area contributed by atoms with Crippen molar-refractivity contribution in [2.45, 2.75) is 17.0 Å². The van der Waals surface area contributed by atoms with Gasteiger partial charge in [-0.15, -0.1) is 0 Å². The zero-order valence-electron chi connectivity index (χ0n) is 15.4. The number of rotatable bonds is 5. The summed E-state index contributed by atoms with van der Waals surface area (Å²) in [6.07, 6.45) is 3.67. The molecule has 0 saturated heterocycles. The molecule has 2 aromatic heterocycles. The van der Waals surface area contributed by atoms with E-state index in [1.165, 1.54) is 0 Å². The summed E-state index contributed by atoms with van der Waals surface area (Å²) in [6, 6.07) is 17.1. The number of carbonyl (C=O) groups excluding carboxylic acids is 1. The van der Waals surface area contributed by atoms with Gasteiger partial charge in [-0.3, -0.25) is 4.79 Å². The zero-order valence-corrected chi connectivity index (χ0v) is 16.2. The molecule has 0 aliphatic rings. The number of benzene rings is 2. The van der Waals surface area contributed by atoms with Gasteiger partial charge in [0.2, 0.25) is 5.89 Å². The van der Waals surface area contributed by atoms with Crippen LogP contribution in [0.1, 0.15) is 16.2 Å². The summed E-state index contributed by atoms with van der Waals surface area (Å²) in [5.74, 6) is 0.622. The number of aromatic nitrogens is 3. The number of amides is 1. The van der Waals surface area contributed by atoms with Crippen LogP contribution in [0.2, 0.25) is 0 Å². The summed E-state index contributed by atoms with van der Waals surface area (Å²) >= 11 is 1.56. The minimum Gasteiger partial charge on any atom is -0.441 e. The van der Waals surface area contributed by atoms with Gasteiger partial charge in [0, 0.05) is 35.6 Å². The van der Waals surface area contributed by atoms with E-state index >= 15 is 0 Å². The molecule has 2 aromatic carbocycles. The Morgan fingerprint density at radius 2 is 1.86 bits per heavy atom. The lowest BCUT2D eigenvalue weighted by Crippen LogP contribution is -2.13. The number of nitrogens with one attached hydrogen (secondary N) is 1. The van der Waals surface area contributed by atoms with Crippen LogP contribution in [-0.2, 0) is 7.05 Å². The molecule has 0 spiro atoms. The van der Waals surface area contributed by atoms with Crippen LogP contribution >= 0.6 is 11.8 Å². The number of hydrogen-bond acceptors (Lipinski definition) is 5. The van der Waals surface area contributed by atoms with Crippen LogP contribution in [0, 0.1) is 6.92 Å². The maximum Gasteiger partial charge on any atom is 0.277 e. The van der Waals surface area contributed by atoms with Gasteiger partial charge in [-0.1, -0.05) is 30.0 Å². The van der Waals surface area contributed by atoms with Crippen LogP contribution in [0.5, 0.6) is 0 Å². The second-order valence-electron chi connectivity index (χ2n) is 6.19. The van der Waals surface area contributed by atoms with Gasteiger partial charge >= 0.3 is 0 Å². The van der Waals surface area contributed by atoms with E-state index in [2.05, 4.69) is 15.3 Å². The molecule has 0 atom stereocenters. The van der Waals surface area contributed by atoms with E-state index in [9.17, 15) is 4.79 Å². The fraction of sp³-hybridized carbons (Fsp3) is 0.0952. The van der Waals surface area contributed by atoms with Crippen molar-refractivity contribution in [3.63, 3.8) is 0 Å². The van der Waals surface area contributed by atoms with Crippen molar-refractivity contribution in [3.05, 3.63) is 78.4 Å². The molecule has 1 N–H and O–H groups in total. The van der Waals surface area contributed by atoms with Crippen molar-refractivity contribution in [3.8, 4) is 11.5 Å². The summed E-state index contributed by atoms with van der Waals surface area (Å²) in [6.45, 7) is 1.74. The van der Waals surface area contributed by atoms with Gasteiger partial charge in [-0.05, 0) is 43.3 Å². The van der Waals surface area contributed by atoms with Gasteiger partial charge in [-0.25, -0.2) is 9.97 Å². The van der Waals surface area contributed by atoms with Crippen molar-refractivity contribution in [1.29, 1.82) is 0 Å². The minimum absolute atomic E-state index is 0.283. The van der Waals surface area contributed by atoms with E-state index in [0.29, 0.717) is 17.3 Å². The van der Waals surface area contributed by atoms with Crippen LogP contribution in [0.25, 0.3) is 11.5 Å². The van der Waals surface area contributed by atoms with E-state index in [4.69, 9.17) is 4.42 Å². The van der Waals surface area contributed by atoms with Crippen LogP contribution in [0.3, 0.4) is 0 Å². The highest BCUT2D eigenvalue weighted by molar-refractivity contribution is 7.99. The molecule has 0 saturated carbocycles. The summed E-state index contributed by atoms with van der Waals surface area (Å²) in [5.41, 5.74) is 1.81. The Morgan fingerprint density at radius 1 is 1.11 bits per heavy atom. The van der Waals surface area contributed by atoms with Crippen molar-refractivity contribution in [2.75, 3.05) is 5.32 Å². The Balaban J connectivity index is 1.46. The smallest absolute Gasteiger partial charge is 0.277 e. The van der Waals surface area contributed by atoms with E-state index in [1.807, 2.05) is 72.4 Å². The van der Waals surface area contributed by atoms with Crippen LogP contribution in [-0.4, -0.2) is 20.4 Å². The molecular formula is C21H18N4O2S.